The Labute approximate surface area is 428 Å². The molecular formula is C57H109O12P. The van der Waals surface area contributed by atoms with Crippen molar-refractivity contribution < 1.29 is 58.3 Å². The van der Waals surface area contributed by atoms with Gasteiger partial charge >= 0.3 is 13.8 Å². The van der Waals surface area contributed by atoms with Crippen molar-refractivity contribution in [2.75, 3.05) is 19.8 Å². The molecule has 13 heteroatoms. The molecule has 0 aromatic rings. The summed E-state index contributed by atoms with van der Waals surface area (Å²) < 4.78 is 34.4. The molecule has 70 heavy (non-hydrogen) atoms. The maximum Gasteiger partial charge on any atom is 0.472 e. The maximum absolute atomic E-state index is 12.9. The van der Waals surface area contributed by atoms with E-state index in [1.54, 1.807) is 0 Å². The lowest BCUT2D eigenvalue weighted by molar-refractivity contribution is -0.220. The predicted octanol–water partition coefficient (Wildman–Crippen LogP) is 14.0. The highest BCUT2D eigenvalue weighted by atomic mass is 31.2. The minimum Gasteiger partial charge on any atom is -0.457 e. The second kappa shape index (κ2) is 47.5. The van der Waals surface area contributed by atoms with Crippen LogP contribution in [0.4, 0.5) is 0 Å². The van der Waals surface area contributed by atoms with E-state index in [1.165, 1.54) is 199 Å². The molecular weight excluding hydrogens is 908 g/mol. The number of hydrogen-bond donors (Lipinski definition) is 6. The highest BCUT2D eigenvalue weighted by Crippen LogP contribution is 2.47. The van der Waals surface area contributed by atoms with E-state index >= 15 is 0 Å². The highest BCUT2D eigenvalue weighted by Gasteiger charge is 2.51. The summed E-state index contributed by atoms with van der Waals surface area (Å²) in [6.45, 7) is 4.31. The number of carbonyl (C=O) groups is 1. The molecule has 12 nitrogen and oxygen atoms in total. The zero-order chi connectivity index (χ0) is 51.2. The maximum atomic E-state index is 12.9. The van der Waals surface area contributed by atoms with Gasteiger partial charge in [-0.3, -0.25) is 13.8 Å². The van der Waals surface area contributed by atoms with Crippen LogP contribution in [0.25, 0.3) is 0 Å². The zero-order valence-corrected chi connectivity index (χ0v) is 45.7. The summed E-state index contributed by atoms with van der Waals surface area (Å²) in [7, 11) is -5.02. The van der Waals surface area contributed by atoms with Crippen molar-refractivity contribution in [2.45, 2.75) is 313 Å². The Balaban J connectivity index is 2.27. The quantitative estimate of drug-likeness (QED) is 0.0146. The zero-order valence-electron chi connectivity index (χ0n) is 44.8. The van der Waals surface area contributed by atoms with Crippen molar-refractivity contribution in [1.82, 2.24) is 0 Å². The first kappa shape index (κ1) is 66.8. The number of phosphoric acid groups is 1. The number of ether oxygens (including phenoxy) is 2. The minimum absolute atomic E-state index is 0.0720. The van der Waals surface area contributed by atoms with Gasteiger partial charge in [0.25, 0.3) is 0 Å². The fourth-order valence-electron chi connectivity index (χ4n) is 9.21. The van der Waals surface area contributed by atoms with Gasteiger partial charge in [-0.25, -0.2) is 4.57 Å². The topological polar surface area (TPSA) is 192 Å². The molecule has 414 valence electrons. The van der Waals surface area contributed by atoms with Gasteiger partial charge in [-0.1, -0.05) is 244 Å². The Bertz CT molecular complexity index is 1250. The van der Waals surface area contributed by atoms with Gasteiger partial charge in [0.1, 0.15) is 42.7 Å². The molecule has 0 aliphatic heterocycles. The average Bonchev–Trinajstić information content (AvgIpc) is 3.35. The second-order valence-electron chi connectivity index (χ2n) is 20.5. The van der Waals surface area contributed by atoms with Crippen molar-refractivity contribution in [2.24, 2.45) is 0 Å². The van der Waals surface area contributed by atoms with Crippen molar-refractivity contribution in [3.8, 4) is 0 Å². The van der Waals surface area contributed by atoms with Crippen LogP contribution in [0.2, 0.25) is 0 Å². The molecule has 0 spiro atoms. The van der Waals surface area contributed by atoms with E-state index in [1.807, 2.05) is 0 Å². The summed E-state index contributed by atoms with van der Waals surface area (Å²) in [5.41, 5.74) is 0. The summed E-state index contributed by atoms with van der Waals surface area (Å²) in [5, 5.41) is 50.4. The van der Waals surface area contributed by atoms with E-state index in [4.69, 9.17) is 18.5 Å². The van der Waals surface area contributed by atoms with Crippen LogP contribution >= 0.6 is 7.82 Å². The normalized spacial score (nSPS) is 21.0. The van der Waals surface area contributed by atoms with Gasteiger partial charge in [0.15, 0.2) is 0 Å². The number of aliphatic hydroxyl groups excluding tert-OH is 5. The van der Waals surface area contributed by atoms with Crippen LogP contribution in [0.5, 0.6) is 0 Å². The molecule has 0 bridgehead atoms. The molecule has 6 N–H and O–H groups in total. The second-order valence-corrected chi connectivity index (χ2v) is 21.9. The number of phosphoric ester groups is 1. The van der Waals surface area contributed by atoms with Gasteiger partial charge < -0.3 is 39.9 Å². The standard InChI is InChI=1S/C57H109O12P/c1-3-5-7-9-11-13-15-17-19-21-23-25-26-27-28-30-32-34-36-38-40-42-44-46-51(58)68-50(49-67-70(64,65)69-57-55(62)53(60)52(59)54(61)56(57)63)48-66-47-45-43-41-39-37-35-33-31-29-24-22-20-18-16-14-12-10-8-6-4-2/h15,17,21,23,50,52-57,59-63H,3-14,16,18-20,22,24-49H2,1-2H3,(H,64,65)/b17-15-,23-21-. The van der Waals surface area contributed by atoms with Crippen molar-refractivity contribution in [1.29, 1.82) is 0 Å². The van der Waals surface area contributed by atoms with Crippen LogP contribution < -0.4 is 0 Å². The Kier molecular flexibility index (Phi) is 45.4. The summed E-state index contributed by atoms with van der Waals surface area (Å²) in [6.07, 6.45) is 45.3. The highest BCUT2D eigenvalue weighted by molar-refractivity contribution is 7.47. The first-order chi connectivity index (χ1) is 34.0. The molecule has 0 aromatic heterocycles. The fraction of sp³-hybridized carbons (Fsp3) is 0.912. The first-order valence-corrected chi connectivity index (χ1v) is 30.7. The van der Waals surface area contributed by atoms with E-state index < -0.39 is 63.1 Å². The van der Waals surface area contributed by atoms with Crippen LogP contribution in [0.1, 0.15) is 271 Å². The Morgan fingerprint density at radius 1 is 0.457 bits per heavy atom. The minimum atomic E-state index is -5.02. The van der Waals surface area contributed by atoms with E-state index in [-0.39, 0.29) is 13.0 Å². The molecule has 0 aromatic carbocycles. The summed E-state index contributed by atoms with van der Waals surface area (Å²) in [4.78, 5) is 23.3. The SMILES string of the molecule is CCCCCCC/C=C\C/C=C\CCCCCCCCCCCCCC(=O)OC(COCCCCCCCCCCCCCCCCCCCCCC)COP(=O)(O)OC1C(O)C(O)C(O)C(O)C1O. The molecule has 1 fully saturated rings. The van der Waals surface area contributed by atoms with Gasteiger partial charge in [-0.15, -0.1) is 0 Å². The van der Waals surface area contributed by atoms with Gasteiger partial charge in [-0.05, 0) is 44.9 Å². The van der Waals surface area contributed by atoms with Crippen LogP contribution in [-0.2, 0) is 27.9 Å². The van der Waals surface area contributed by atoms with Crippen LogP contribution in [-0.4, -0.2) is 98.9 Å². The number of allylic oxidation sites excluding steroid dienone is 4. The summed E-state index contributed by atoms with van der Waals surface area (Å²) in [6, 6.07) is 0. The Hall–Kier alpha value is -1.18. The Morgan fingerprint density at radius 2 is 0.800 bits per heavy atom. The summed E-state index contributed by atoms with van der Waals surface area (Å²) in [5.74, 6) is -0.473. The molecule has 0 amide bonds. The van der Waals surface area contributed by atoms with Crippen molar-refractivity contribution in [3.63, 3.8) is 0 Å². The van der Waals surface area contributed by atoms with E-state index in [0.717, 1.165) is 44.9 Å². The van der Waals surface area contributed by atoms with E-state index in [0.29, 0.717) is 13.0 Å². The predicted molar refractivity (Wildman–Crippen MR) is 286 cm³/mol. The van der Waals surface area contributed by atoms with Crippen molar-refractivity contribution >= 4 is 13.8 Å². The smallest absolute Gasteiger partial charge is 0.457 e. The lowest BCUT2D eigenvalue weighted by atomic mass is 9.85. The van der Waals surface area contributed by atoms with Crippen molar-refractivity contribution in [3.05, 3.63) is 24.3 Å². The first-order valence-electron chi connectivity index (χ1n) is 29.2. The van der Waals surface area contributed by atoms with Crippen LogP contribution in [0.15, 0.2) is 24.3 Å². The molecule has 1 rings (SSSR count). The van der Waals surface area contributed by atoms with Gasteiger partial charge in [-0.2, -0.15) is 0 Å². The van der Waals surface area contributed by atoms with E-state index in [2.05, 4.69) is 38.2 Å². The number of rotatable bonds is 51. The third-order valence-electron chi connectivity index (χ3n) is 13.8. The fourth-order valence-corrected chi connectivity index (χ4v) is 10.2. The molecule has 0 heterocycles. The molecule has 0 saturated heterocycles. The molecule has 1 aliphatic rings. The van der Waals surface area contributed by atoms with Crippen LogP contribution in [0, 0.1) is 0 Å². The van der Waals surface area contributed by atoms with Gasteiger partial charge in [0.2, 0.25) is 0 Å². The van der Waals surface area contributed by atoms with E-state index in [9.17, 15) is 39.8 Å². The lowest BCUT2D eigenvalue weighted by Gasteiger charge is -2.41. The lowest BCUT2D eigenvalue weighted by Crippen LogP contribution is -2.64. The van der Waals surface area contributed by atoms with Crippen LogP contribution in [0.3, 0.4) is 0 Å². The largest absolute Gasteiger partial charge is 0.472 e. The summed E-state index contributed by atoms with van der Waals surface area (Å²) >= 11 is 0. The molecule has 0 radical (unpaired) electrons. The third-order valence-corrected chi connectivity index (χ3v) is 14.8. The van der Waals surface area contributed by atoms with Gasteiger partial charge in [0, 0.05) is 13.0 Å². The number of aliphatic hydroxyl groups is 5. The number of hydrogen-bond acceptors (Lipinski definition) is 11. The molecule has 6 atom stereocenters. The molecule has 1 aliphatic carbocycles. The monoisotopic (exact) mass is 1020 g/mol. The number of carbonyl (C=O) groups excluding carboxylic acids is 1. The molecule has 6 unspecified atom stereocenters. The number of esters is 1. The van der Waals surface area contributed by atoms with Gasteiger partial charge in [0.05, 0.1) is 13.2 Å². The molecule has 1 saturated carbocycles. The number of unbranched alkanes of at least 4 members (excludes halogenated alkanes) is 35. The third kappa shape index (κ3) is 38.4. The Morgan fingerprint density at radius 3 is 1.20 bits per heavy atom. The average molecular weight is 1020 g/mol.